The van der Waals surface area contributed by atoms with Gasteiger partial charge >= 0.3 is 0 Å². The monoisotopic (exact) mass is 304 g/mol. The highest BCUT2D eigenvalue weighted by Gasteiger charge is 2.33. The van der Waals surface area contributed by atoms with Gasteiger partial charge in [-0.2, -0.15) is 0 Å². The van der Waals surface area contributed by atoms with Crippen LogP contribution in [0.2, 0.25) is 0 Å². The molecule has 1 radical (unpaired) electrons. The Balaban J connectivity index is 2.08. The van der Waals surface area contributed by atoms with Crippen LogP contribution in [0.5, 0.6) is 5.06 Å². The van der Waals surface area contributed by atoms with E-state index in [1.165, 1.54) is 18.6 Å². The van der Waals surface area contributed by atoms with Crippen LogP contribution in [-0.2, 0) is 4.74 Å². The Morgan fingerprint density at radius 3 is 2.95 bits per heavy atom. The van der Waals surface area contributed by atoms with Crippen LogP contribution < -0.4 is 0 Å². The molecular weight excluding hydrogens is 293 g/mol. The lowest BCUT2D eigenvalue weighted by Crippen LogP contribution is -2.18. The number of rotatable bonds is 3. The molecule has 0 fully saturated rings. The molecule has 1 aromatic rings. The summed E-state index contributed by atoms with van der Waals surface area (Å²) in [5.41, 5.74) is 1.83. The number of allylic oxidation sites excluding steroid dienone is 5. The van der Waals surface area contributed by atoms with Gasteiger partial charge in [0.1, 0.15) is 0 Å². The van der Waals surface area contributed by atoms with Gasteiger partial charge in [0.05, 0.1) is 18.4 Å². The van der Waals surface area contributed by atoms with Crippen LogP contribution in [0.4, 0.5) is 4.39 Å². The van der Waals surface area contributed by atoms with Gasteiger partial charge in [-0.3, -0.25) is 9.79 Å². The number of carbonyl (C=O) groups is 1. The maximum Gasteiger partial charge on any atom is 0.194 e. The van der Waals surface area contributed by atoms with E-state index in [-0.39, 0.29) is 34.2 Å². The van der Waals surface area contributed by atoms with Crippen LogP contribution in [-0.4, -0.2) is 23.7 Å². The minimum atomic E-state index is -0.623. The van der Waals surface area contributed by atoms with Crippen molar-refractivity contribution in [3.05, 3.63) is 51.5 Å². The van der Waals surface area contributed by atoms with Gasteiger partial charge in [-0.25, -0.2) is 4.39 Å². The molecule has 0 saturated carbocycles. The number of aliphatic imine (C=N–C) groups is 1. The number of nitrogens with zero attached hydrogens (tertiary/aromatic N) is 1. The smallest absolute Gasteiger partial charge is 0.194 e. The van der Waals surface area contributed by atoms with Gasteiger partial charge in [0.15, 0.2) is 22.4 Å². The first kappa shape index (κ1) is 13.8. The molecule has 21 heavy (non-hydrogen) atoms. The number of carbonyl (C=O) groups excluding carboxylic acids is 1. The number of hydrogen-bond acceptors (Lipinski definition) is 5. The molecule has 2 heterocycles. The first-order valence-corrected chi connectivity index (χ1v) is 7.07. The third-order valence-electron chi connectivity index (χ3n) is 3.26. The van der Waals surface area contributed by atoms with Gasteiger partial charge in [0.25, 0.3) is 0 Å². The van der Waals surface area contributed by atoms with Crippen LogP contribution in [0.3, 0.4) is 0 Å². The molecule has 0 amide bonds. The van der Waals surface area contributed by atoms with E-state index in [0.717, 1.165) is 11.3 Å². The van der Waals surface area contributed by atoms with E-state index in [1.807, 2.05) is 0 Å². The Kier molecular flexibility index (Phi) is 3.25. The van der Waals surface area contributed by atoms with Crippen LogP contribution in [0.25, 0.3) is 0 Å². The van der Waals surface area contributed by atoms with E-state index in [4.69, 9.17) is 4.74 Å². The highest BCUT2D eigenvalue weighted by atomic mass is 32.1. The molecule has 107 valence electrons. The second-order valence-electron chi connectivity index (χ2n) is 4.65. The largest absolute Gasteiger partial charge is 0.499 e. The van der Waals surface area contributed by atoms with Crippen molar-refractivity contribution in [3.63, 3.8) is 0 Å². The summed E-state index contributed by atoms with van der Waals surface area (Å²) in [6.07, 6.45) is 3.01. The fraction of sp³-hybridized carbons (Fsp3) is 0.200. The van der Waals surface area contributed by atoms with E-state index >= 15 is 0 Å². The maximum atomic E-state index is 14.4. The lowest BCUT2D eigenvalue weighted by molar-refractivity contribution is 0.102. The number of aromatic hydroxyl groups is 1. The first-order chi connectivity index (χ1) is 10.0. The molecular formula is C15H11FNO3S. The fourth-order valence-corrected chi connectivity index (χ4v) is 2.97. The molecule has 0 saturated heterocycles. The van der Waals surface area contributed by atoms with E-state index in [2.05, 4.69) is 11.1 Å². The van der Waals surface area contributed by atoms with Crippen molar-refractivity contribution in [2.24, 2.45) is 4.99 Å². The van der Waals surface area contributed by atoms with E-state index in [0.29, 0.717) is 17.0 Å². The molecule has 1 N–H and O–H groups in total. The number of hydrogen-bond donors (Lipinski definition) is 1. The quantitative estimate of drug-likeness (QED) is 0.871. The van der Waals surface area contributed by atoms with Gasteiger partial charge in [-0.05, 0) is 6.92 Å². The number of fused-ring (bicyclic) bond motifs is 1. The highest BCUT2D eigenvalue weighted by Crippen LogP contribution is 2.36. The summed E-state index contributed by atoms with van der Waals surface area (Å²) in [4.78, 5) is 16.7. The SMILES string of the molecule is COC1=C(C(=O)c2csc(O)c2)CC2=NC(C)=[C]C2=C1F. The normalized spacial score (nSPS) is 17.7. The maximum absolute atomic E-state index is 14.4. The first-order valence-electron chi connectivity index (χ1n) is 6.19. The molecule has 0 spiro atoms. The lowest BCUT2D eigenvalue weighted by atomic mass is 9.90. The minimum absolute atomic E-state index is 0.0366. The molecule has 3 rings (SSSR count). The Bertz CT molecular complexity index is 768. The number of Topliss-reactive ketones (excluding diaryl/α,β-unsaturated/α-hetero) is 1. The number of methoxy groups -OCH3 is 1. The summed E-state index contributed by atoms with van der Waals surface area (Å²) >= 11 is 1.05. The molecule has 0 unspecified atom stereocenters. The third-order valence-corrected chi connectivity index (χ3v) is 3.99. The Morgan fingerprint density at radius 2 is 2.33 bits per heavy atom. The van der Waals surface area contributed by atoms with Crippen LogP contribution in [0, 0.1) is 6.08 Å². The summed E-state index contributed by atoms with van der Waals surface area (Å²) in [6, 6.07) is 1.36. The zero-order valence-electron chi connectivity index (χ0n) is 11.4. The van der Waals surface area contributed by atoms with Crippen molar-refractivity contribution < 1.29 is 19.0 Å². The number of ketones is 1. The van der Waals surface area contributed by atoms with Gasteiger partial charge in [0, 0.05) is 40.8 Å². The molecule has 1 aliphatic heterocycles. The van der Waals surface area contributed by atoms with Gasteiger partial charge in [-0.1, -0.05) is 0 Å². The van der Waals surface area contributed by atoms with E-state index in [9.17, 15) is 14.3 Å². The standard InChI is InChI=1S/C15H11FNO3S/c1-7-3-9-11(17-7)5-10(15(20-2)13(9)16)14(19)8-4-12(18)21-6-8/h4,6,18H,5H2,1-2H3. The Morgan fingerprint density at radius 1 is 1.57 bits per heavy atom. The molecule has 6 heteroatoms. The van der Waals surface area contributed by atoms with Crippen molar-refractivity contribution in [3.8, 4) is 5.06 Å². The summed E-state index contributed by atoms with van der Waals surface area (Å²) < 4.78 is 19.5. The molecule has 0 bridgehead atoms. The van der Waals surface area contributed by atoms with Crippen molar-refractivity contribution in [2.75, 3.05) is 7.11 Å². The predicted molar refractivity (Wildman–Crippen MR) is 77.0 cm³/mol. The van der Waals surface area contributed by atoms with Gasteiger partial charge < -0.3 is 9.84 Å². The second kappa shape index (κ2) is 4.96. The predicted octanol–water partition coefficient (Wildman–Crippen LogP) is 3.33. The van der Waals surface area contributed by atoms with Crippen molar-refractivity contribution >= 4 is 22.8 Å². The highest BCUT2D eigenvalue weighted by molar-refractivity contribution is 7.12. The van der Waals surface area contributed by atoms with Gasteiger partial charge in [0.2, 0.25) is 0 Å². The molecule has 1 aromatic heterocycles. The number of halogens is 1. The second-order valence-corrected chi connectivity index (χ2v) is 5.54. The zero-order chi connectivity index (χ0) is 15.1. The molecule has 2 aliphatic rings. The van der Waals surface area contributed by atoms with Crippen molar-refractivity contribution in [1.29, 1.82) is 0 Å². The van der Waals surface area contributed by atoms with Crippen LogP contribution in [0.1, 0.15) is 23.7 Å². The number of ether oxygens (including phenoxy) is 1. The minimum Gasteiger partial charge on any atom is -0.499 e. The van der Waals surface area contributed by atoms with Gasteiger partial charge in [-0.15, -0.1) is 11.3 Å². The molecule has 0 aromatic carbocycles. The summed E-state index contributed by atoms with van der Waals surface area (Å²) in [6.45, 7) is 1.72. The van der Waals surface area contributed by atoms with Crippen molar-refractivity contribution in [2.45, 2.75) is 13.3 Å². The average molecular weight is 304 g/mol. The topological polar surface area (TPSA) is 58.9 Å². The molecule has 4 nitrogen and oxygen atoms in total. The van der Waals surface area contributed by atoms with E-state index < -0.39 is 5.83 Å². The zero-order valence-corrected chi connectivity index (χ0v) is 12.2. The van der Waals surface area contributed by atoms with Crippen molar-refractivity contribution in [1.82, 2.24) is 0 Å². The van der Waals surface area contributed by atoms with Crippen LogP contribution in [0.15, 0.2) is 44.9 Å². The summed E-state index contributed by atoms with van der Waals surface area (Å²) in [5.74, 6) is -1.08. The van der Waals surface area contributed by atoms with Crippen LogP contribution >= 0.6 is 11.3 Å². The lowest BCUT2D eigenvalue weighted by Gasteiger charge is -2.18. The third kappa shape index (κ3) is 2.21. The Hall–Kier alpha value is -2.21. The average Bonchev–Trinajstić information content (AvgIpc) is 3.03. The Labute approximate surface area is 124 Å². The summed E-state index contributed by atoms with van der Waals surface area (Å²) in [5, 5.41) is 10.9. The molecule has 1 aliphatic carbocycles. The molecule has 0 atom stereocenters. The number of thiophene rings is 1. The van der Waals surface area contributed by atoms with E-state index in [1.54, 1.807) is 6.92 Å². The summed E-state index contributed by atoms with van der Waals surface area (Å²) in [7, 11) is 1.32. The fourth-order valence-electron chi connectivity index (χ4n) is 2.36.